The Morgan fingerprint density at radius 2 is 1.96 bits per heavy atom. The average molecular weight is 364 g/mol. The molecule has 142 valence electrons. The molecule has 1 aromatic carbocycles. The van der Waals surface area contributed by atoms with Gasteiger partial charge in [-0.25, -0.2) is 9.59 Å². The summed E-state index contributed by atoms with van der Waals surface area (Å²) < 4.78 is 10.0. The van der Waals surface area contributed by atoms with Crippen LogP contribution in [-0.4, -0.2) is 55.8 Å². The minimum atomic E-state index is -0.641. The molecule has 4 N–H and O–H groups in total. The Morgan fingerprint density at radius 3 is 2.54 bits per heavy atom. The van der Waals surface area contributed by atoms with Gasteiger partial charge in [-0.1, -0.05) is 0 Å². The van der Waals surface area contributed by atoms with E-state index in [1.54, 1.807) is 24.0 Å². The van der Waals surface area contributed by atoms with Gasteiger partial charge < -0.3 is 30.7 Å². The van der Waals surface area contributed by atoms with Gasteiger partial charge in [-0.05, 0) is 38.0 Å². The van der Waals surface area contributed by atoms with Gasteiger partial charge in [-0.15, -0.1) is 0 Å². The molecule has 0 atom stereocenters. The van der Waals surface area contributed by atoms with Crippen LogP contribution >= 0.6 is 0 Å². The number of hydrogen-bond donors (Lipinski definition) is 3. The largest absolute Gasteiger partial charge is 0.496 e. The number of primary amides is 1. The first-order valence-electron chi connectivity index (χ1n) is 8.41. The summed E-state index contributed by atoms with van der Waals surface area (Å²) in [5, 5.41) is 5.53. The fourth-order valence-corrected chi connectivity index (χ4v) is 2.75. The Balaban J connectivity index is 1.87. The van der Waals surface area contributed by atoms with Crippen molar-refractivity contribution in [3.63, 3.8) is 0 Å². The summed E-state index contributed by atoms with van der Waals surface area (Å²) in [6, 6.07) is 4.21. The number of carbonyl (C=O) groups excluding carboxylic acids is 3. The molecule has 9 nitrogen and oxygen atoms in total. The second-order valence-electron chi connectivity index (χ2n) is 5.84. The van der Waals surface area contributed by atoms with Crippen molar-refractivity contribution in [3.05, 3.63) is 23.8 Å². The van der Waals surface area contributed by atoms with E-state index in [0.29, 0.717) is 44.0 Å². The lowest BCUT2D eigenvalue weighted by molar-refractivity contribution is 0.0957. The number of methoxy groups -OCH3 is 1. The van der Waals surface area contributed by atoms with E-state index in [4.69, 9.17) is 15.2 Å². The lowest BCUT2D eigenvalue weighted by atomic mass is 10.1. The molecular weight excluding hydrogens is 340 g/mol. The first-order valence-corrected chi connectivity index (χ1v) is 8.41. The monoisotopic (exact) mass is 364 g/mol. The number of ether oxygens (including phenoxy) is 2. The maximum absolute atomic E-state index is 12.2. The van der Waals surface area contributed by atoms with Gasteiger partial charge in [-0.3, -0.25) is 4.79 Å². The predicted molar refractivity (Wildman–Crippen MR) is 95.3 cm³/mol. The summed E-state index contributed by atoms with van der Waals surface area (Å²) >= 11 is 0. The molecule has 0 radical (unpaired) electrons. The number of rotatable bonds is 5. The zero-order valence-electron chi connectivity index (χ0n) is 14.9. The van der Waals surface area contributed by atoms with Crippen molar-refractivity contribution >= 4 is 23.7 Å². The van der Waals surface area contributed by atoms with Crippen molar-refractivity contribution in [1.82, 2.24) is 10.2 Å². The third-order valence-corrected chi connectivity index (χ3v) is 4.08. The van der Waals surface area contributed by atoms with Crippen molar-refractivity contribution in [3.8, 4) is 5.75 Å². The minimum Gasteiger partial charge on any atom is -0.496 e. The molecule has 1 aliphatic heterocycles. The lowest BCUT2D eigenvalue weighted by Gasteiger charge is -2.31. The smallest absolute Gasteiger partial charge is 0.409 e. The molecule has 1 fully saturated rings. The van der Waals surface area contributed by atoms with Crippen LogP contribution in [0.5, 0.6) is 5.75 Å². The maximum Gasteiger partial charge on any atom is 0.409 e. The first-order chi connectivity index (χ1) is 12.4. The highest BCUT2D eigenvalue weighted by Gasteiger charge is 2.24. The molecule has 0 saturated carbocycles. The van der Waals surface area contributed by atoms with Crippen LogP contribution in [0.25, 0.3) is 0 Å². The molecule has 0 aliphatic carbocycles. The van der Waals surface area contributed by atoms with Crippen molar-refractivity contribution in [2.24, 2.45) is 5.73 Å². The van der Waals surface area contributed by atoms with Crippen LogP contribution in [0.15, 0.2) is 18.2 Å². The van der Waals surface area contributed by atoms with Gasteiger partial charge in [0.2, 0.25) is 0 Å². The van der Waals surface area contributed by atoms with Crippen LogP contribution in [0.4, 0.5) is 15.3 Å². The molecule has 1 saturated heterocycles. The summed E-state index contributed by atoms with van der Waals surface area (Å²) in [7, 11) is 1.43. The maximum atomic E-state index is 12.2. The van der Waals surface area contributed by atoms with Gasteiger partial charge in [0, 0.05) is 24.8 Å². The number of amides is 4. The second-order valence-corrected chi connectivity index (χ2v) is 5.84. The summed E-state index contributed by atoms with van der Waals surface area (Å²) in [4.78, 5) is 36.9. The molecule has 0 bridgehead atoms. The fourth-order valence-electron chi connectivity index (χ4n) is 2.75. The molecule has 1 aliphatic rings. The predicted octanol–water partition coefficient (Wildman–Crippen LogP) is 1.54. The number of piperidine rings is 1. The van der Waals surface area contributed by atoms with Gasteiger partial charge in [0.05, 0.1) is 19.3 Å². The number of nitrogens with one attached hydrogen (secondary N) is 2. The van der Waals surface area contributed by atoms with E-state index in [0.717, 1.165) is 0 Å². The third kappa shape index (κ3) is 5.01. The number of likely N-dealkylation sites (tertiary alicyclic amines) is 1. The zero-order valence-corrected chi connectivity index (χ0v) is 14.9. The number of benzene rings is 1. The summed E-state index contributed by atoms with van der Waals surface area (Å²) in [5.41, 5.74) is 5.93. The van der Waals surface area contributed by atoms with E-state index in [9.17, 15) is 14.4 Å². The van der Waals surface area contributed by atoms with Crippen molar-refractivity contribution in [2.45, 2.75) is 25.8 Å². The zero-order chi connectivity index (χ0) is 19.1. The van der Waals surface area contributed by atoms with Crippen LogP contribution in [0, 0.1) is 0 Å². The number of hydrogen-bond acceptors (Lipinski definition) is 5. The standard InChI is InChI=1S/C17H24N4O5/c1-3-26-17(24)21-8-6-11(7-9-21)19-16(23)20-12-4-5-14(25-2)13(10-12)15(18)22/h4-5,10-11H,3,6-9H2,1-2H3,(H2,18,22)(H2,19,20,23). The van der Waals surface area contributed by atoms with E-state index < -0.39 is 5.91 Å². The molecule has 0 aromatic heterocycles. The van der Waals surface area contributed by atoms with E-state index >= 15 is 0 Å². The fraction of sp³-hybridized carbons (Fsp3) is 0.471. The Kier molecular flexibility index (Phi) is 6.65. The third-order valence-electron chi connectivity index (χ3n) is 4.08. The summed E-state index contributed by atoms with van der Waals surface area (Å²) in [6.07, 6.45) is 0.954. The Labute approximate surface area is 151 Å². The number of urea groups is 1. The van der Waals surface area contributed by atoms with Crippen molar-refractivity contribution in [1.29, 1.82) is 0 Å². The molecule has 0 spiro atoms. The quantitative estimate of drug-likeness (QED) is 0.731. The summed E-state index contributed by atoms with van der Waals surface area (Å²) in [6.45, 7) is 3.16. The highest BCUT2D eigenvalue weighted by molar-refractivity contribution is 5.98. The molecule has 4 amide bonds. The Morgan fingerprint density at radius 1 is 1.27 bits per heavy atom. The van der Waals surface area contributed by atoms with E-state index in [1.165, 1.54) is 13.2 Å². The van der Waals surface area contributed by atoms with Crippen molar-refractivity contribution in [2.75, 3.05) is 32.1 Å². The van der Waals surface area contributed by atoms with E-state index in [2.05, 4.69) is 10.6 Å². The lowest BCUT2D eigenvalue weighted by Crippen LogP contribution is -2.47. The summed E-state index contributed by atoms with van der Waals surface area (Å²) in [5.74, 6) is -0.299. The number of anilines is 1. The van der Waals surface area contributed by atoms with Crippen LogP contribution in [0.1, 0.15) is 30.1 Å². The molecule has 9 heteroatoms. The number of nitrogens with zero attached hydrogens (tertiary/aromatic N) is 1. The van der Waals surface area contributed by atoms with Gasteiger partial charge in [0.25, 0.3) is 5.91 Å². The van der Waals surface area contributed by atoms with Gasteiger partial charge in [0.1, 0.15) is 5.75 Å². The van der Waals surface area contributed by atoms with Crippen LogP contribution in [0.2, 0.25) is 0 Å². The topological polar surface area (TPSA) is 123 Å². The highest BCUT2D eigenvalue weighted by Crippen LogP contribution is 2.22. The number of carbonyl (C=O) groups is 3. The van der Waals surface area contributed by atoms with Gasteiger partial charge >= 0.3 is 12.1 Å². The SMILES string of the molecule is CCOC(=O)N1CCC(NC(=O)Nc2ccc(OC)c(C(N)=O)c2)CC1. The average Bonchev–Trinajstić information content (AvgIpc) is 2.62. The Hall–Kier alpha value is -2.97. The Bertz CT molecular complexity index is 671. The van der Waals surface area contributed by atoms with E-state index in [-0.39, 0.29) is 23.7 Å². The molecule has 2 rings (SSSR count). The van der Waals surface area contributed by atoms with Crippen LogP contribution in [-0.2, 0) is 4.74 Å². The van der Waals surface area contributed by atoms with Crippen molar-refractivity contribution < 1.29 is 23.9 Å². The molecular formula is C17H24N4O5. The van der Waals surface area contributed by atoms with Crippen LogP contribution in [0.3, 0.4) is 0 Å². The molecule has 1 aromatic rings. The number of nitrogens with two attached hydrogens (primary N) is 1. The van der Waals surface area contributed by atoms with Crippen LogP contribution < -0.4 is 21.1 Å². The van der Waals surface area contributed by atoms with Gasteiger partial charge in [-0.2, -0.15) is 0 Å². The molecule has 0 unspecified atom stereocenters. The normalized spacial score (nSPS) is 14.5. The molecule has 26 heavy (non-hydrogen) atoms. The molecule has 1 heterocycles. The van der Waals surface area contributed by atoms with E-state index in [1.807, 2.05) is 0 Å². The first kappa shape index (κ1) is 19.4. The highest BCUT2D eigenvalue weighted by atomic mass is 16.6. The minimum absolute atomic E-state index is 0.0467. The second kappa shape index (κ2) is 8.93. The van der Waals surface area contributed by atoms with Gasteiger partial charge in [0.15, 0.2) is 0 Å².